The lowest BCUT2D eigenvalue weighted by Crippen LogP contribution is -2.32. The quantitative estimate of drug-likeness (QED) is 0.790. The van der Waals surface area contributed by atoms with Crippen LogP contribution in [0.2, 0.25) is 0 Å². The van der Waals surface area contributed by atoms with E-state index >= 15 is 0 Å². The van der Waals surface area contributed by atoms with Crippen molar-refractivity contribution < 1.29 is 9.47 Å². The molecular weight excluding hydrogens is 296 g/mol. The summed E-state index contributed by atoms with van der Waals surface area (Å²) in [6, 6.07) is 17.6. The summed E-state index contributed by atoms with van der Waals surface area (Å²) in [7, 11) is 3.59. The molecule has 2 aromatic rings. The number of hydrogen-bond acceptors (Lipinski definition) is 2. The van der Waals surface area contributed by atoms with Gasteiger partial charge >= 0.3 is 0 Å². The Morgan fingerprint density at radius 1 is 0.583 bits per heavy atom. The van der Waals surface area contributed by atoms with Gasteiger partial charge in [0.2, 0.25) is 0 Å². The fraction of sp³-hybridized carbons (Fsp3) is 0.273. The van der Waals surface area contributed by atoms with Crippen LogP contribution in [0.5, 0.6) is 0 Å². The zero-order valence-corrected chi connectivity index (χ0v) is 13.9. The third-order valence-electron chi connectivity index (χ3n) is 5.87. The smallest absolute Gasteiger partial charge is 0.101 e. The number of allylic oxidation sites excluding steroid dienone is 4. The number of rotatable bonds is 2. The largest absolute Gasteiger partial charge is 0.501 e. The molecule has 120 valence electrons. The lowest BCUT2D eigenvalue weighted by atomic mass is 9.60. The van der Waals surface area contributed by atoms with E-state index < -0.39 is 0 Å². The van der Waals surface area contributed by atoms with E-state index in [9.17, 15) is 0 Å². The molecule has 0 heterocycles. The molecule has 0 N–H and O–H groups in total. The maximum absolute atomic E-state index is 5.86. The highest BCUT2D eigenvalue weighted by molar-refractivity contribution is 5.58. The van der Waals surface area contributed by atoms with Crippen molar-refractivity contribution in [1.29, 1.82) is 0 Å². The molecule has 4 atom stereocenters. The van der Waals surface area contributed by atoms with Crippen LogP contribution in [-0.4, -0.2) is 14.2 Å². The van der Waals surface area contributed by atoms with Crippen LogP contribution < -0.4 is 0 Å². The molecule has 0 aromatic heterocycles. The molecule has 0 radical (unpaired) electrons. The van der Waals surface area contributed by atoms with Gasteiger partial charge in [0, 0.05) is 11.8 Å². The standard InChI is InChI=1S/C22H20O2/c1-23-19-11-17-13-7-3-5-9-15(13)21(19)22-16-10-6-4-8-14(16)18(17)12-20(22)24-2/h3-12,17-18,21-22H,1-2H3. The van der Waals surface area contributed by atoms with Crippen molar-refractivity contribution in [3.05, 3.63) is 94.5 Å². The van der Waals surface area contributed by atoms with E-state index in [2.05, 4.69) is 60.7 Å². The number of ether oxygens (including phenoxy) is 2. The minimum atomic E-state index is 0.177. The van der Waals surface area contributed by atoms with Crippen LogP contribution in [0.25, 0.3) is 0 Å². The number of methoxy groups -OCH3 is 2. The van der Waals surface area contributed by atoms with Gasteiger partial charge < -0.3 is 9.47 Å². The van der Waals surface area contributed by atoms with Crippen LogP contribution in [0, 0.1) is 0 Å². The van der Waals surface area contributed by atoms with Gasteiger partial charge in [0.05, 0.1) is 26.1 Å². The molecule has 2 nitrogen and oxygen atoms in total. The van der Waals surface area contributed by atoms with Crippen LogP contribution in [0.3, 0.4) is 0 Å². The molecule has 0 saturated carbocycles. The molecule has 4 bridgehead atoms. The van der Waals surface area contributed by atoms with E-state index in [0.29, 0.717) is 11.8 Å². The third kappa shape index (κ3) is 1.66. The zero-order valence-electron chi connectivity index (χ0n) is 13.9. The molecule has 24 heavy (non-hydrogen) atoms. The summed E-state index contributed by atoms with van der Waals surface area (Å²) in [6.07, 6.45) is 4.67. The molecule has 0 fully saturated rings. The van der Waals surface area contributed by atoms with E-state index in [1.54, 1.807) is 14.2 Å². The van der Waals surface area contributed by atoms with Crippen molar-refractivity contribution in [2.45, 2.75) is 23.7 Å². The van der Waals surface area contributed by atoms with Crippen molar-refractivity contribution >= 4 is 0 Å². The van der Waals surface area contributed by atoms with Crippen molar-refractivity contribution in [1.82, 2.24) is 0 Å². The van der Waals surface area contributed by atoms with Crippen molar-refractivity contribution in [2.24, 2.45) is 0 Å². The molecule has 0 aliphatic heterocycles. The first-order valence-corrected chi connectivity index (χ1v) is 8.52. The molecule has 5 rings (SSSR count). The second-order valence-corrected chi connectivity index (χ2v) is 6.81. The summed E-state index contributed by atoms with van der Waals surface area (Å²) in [5.41, 5.74) is 5.63. The first-order chi connectivity index (χ1) is 11.8. The van der Waals surface area contributed by atoms with Gasteiger partial charge in [-0.2, -0.15) is 0 Å². The van der Waals surface area contributed by atoms with Crippen molar-refractivity contribution in [3.8, 4) is 0 Å². The van der Waals surface area contributed by atoms with Crippen molar-refractivity contribution in [3.63, 3.8) is 0 Å². The van der Waals surface area contributed by atoms with Crippen LogP contribution in [0.15, 0.2) is 72.2 Å². The Morgan fingerprint density at radius 3 is 1.33 bits per heavy atom. The summed E-state index contributed by atoms with van der Waals surface area (Å²) in [4.78, 5) is 0. The number of fused-ring (bicyclic) bond motifs is 2. The summed E-state index contributed by atoms with van der Waals surface area (Å²) in [6.45, 7) is 0. The zero-order chi connectivity index (χ0) is 16.3. The van der Waals surface area contributed by atoms with E-state index in [1.165, 1.54) is 22.3 Å². The minimum Gasteiger partial charge on any atom is -0.501 e. The Morgan fingerprint density at radius 2 is 0.958 bits per heavy atom. The topological polar surface area (TPSA) is 18.5 Å². The molecule has 0 saturated heterocycles. The van der Waals surface area contributed by atoms with Gasteiger partial charge in [-0.05, 0) is 34.4 Å². The van der Waals surface area contributed by atoms with E-state index in [-0.39, 0.29) is 11.8 Å². The predicted octanol–water partition coefficient (Wildman–Crippen LogP) is 4.82. The Hall–Kier alpha value is -2.48. The molecule has 3 aliphatic carbocycles. The normalized spacial score (nSPS) is 28.9. The van der Waals surface area contributed by atoms with Crippen molar-refractivity contribution in [2.75, 3.05) is 14.2 Å². The molecule has 0 spiro atoms. The second-order valence-electron chi connectivity index (χ2n) is 6.81. The van der Waals surface area contributed by atoms with Gasteiger partial charge in [-0.1, -0.05) is 48.5 Å². The van der Waals surface area contributed by atoms with Gasteiger partial charge in [-0.25, -0.2) is 0 Å². The molecular formula is C22H20O2. The average molecular weight is 316 g/mol. The Kier molecular flexibility index (Phi) is 2.90. The predicted molar refractivity (Wildman–Crippen MR) is 94.0 cm³/mol. The Labute approximate surface area is 142 Å². The van der Waals surface area contributed by atoms with E-state index in [4.69, 9.17) is 9.47 Å². The lowest BCUT2D eigenvalue weighted by Gasteiger charge is -2.45. The summed E-state index contributed by atoms with van der Waals surface area (Å²) in [5.74, 6) is 3.09. The van der Waals surface area contributed by atoms with Crippen LogP contribution in [-0.2, 0) is 9.47 Å². The summed E-state index contributed by atoms with van der Waals surface area (Å²) >= 11 is 0. The lowest BCUT2D eigenvalue weighted by molar-refractivity contribution is 0.206. The van der Waals surface area contributed by atoms with Gasteiger partial charge in [0.1, 0.15) is 11.5 Å². The first kappa shape index (κ1) is 13.9. The number of benzene rings is 2. The highest BCUT2D eigenvalue weighted by Gasteiger charge is 2.47. The van der Waals surface area contributed by atoms with Gasteiger partial charge in [-0.3, -0.25) is 0 Å². The van der Waals surface area contributed by atoms with E-state index in [0.717, 1.165) is 11.5 Å². The van der Waals surface area contributed by atoms with Gasteiger partial charge in [-0.15, -0.1) is 0 Å². The summed E-state index contributed by atoms with van der Waals surface area (Å²) < 4.78 is 11.7. The Bertz CT molecular complexity index is 804. The minimum absolute atomic E-state index is 0.177. The van der Waals surface area contributed by atoms with Crippen LogP contribution in [0.1, 0.15) is 45.9 Å². The second kappa shape index (κ2) is 5.01. The summed E-state index contributed by atoms with van der Waals surface area (Å²) in [5, 5.41) is 0. The van der Waals surface area contributed by atoms with Crippen LogP contribution >= 0.6 is 0 Å². The SMILES string of the molecule is COC1=CC2c3ccccc3C1C1C(OC)=CC2c2ccccc21. The molecule has 0 amide bonds. The monoisotopic (exact) mass is 316 g/mol. The van der Waals surface area contributed by atoms with Gasteiger partial charge in [0.15, 0.2) is 0 Å². The Balaban J connectivity index is 1.86. The third-order valence-corrected chi connectivity index (χ3v) is 5.87. The highest BCUT2D eigenvalue weighted by Crippen LogP contribution is 2.59. The molecule has 2 aromatic carbocycles. The molecule has 3 aliphatic rings. The fourth-order valence-electron chi connectivity index (χ4n) is 4.91. The average Bonchev–Trinajstić information content (AvgIpc) is 2.63. The molecule has 2 heteroatoms. The number of hydrogen-bond donors (Lipinski definition) is 0. The maximum Gasteiger partial charge on any atom is 0.101 e. The highest BCUT2D eigenvalue weighted by atomic mass is 16.5. The fourth-order valence-corrected chi connectivity index (χ4v) is 4.91. The van der Waals surface area contributed by atoms with E-state index in [1.807, 2.05) is 0 Å². The maximum atomic E-state index is 5.86. The molecule has 4 unspecified atom stereocenters. The van der Waals surface area contributed by atoms with Crippen LogP contribution in [0.4, 0.5) is 0 Å². The van der Waals surface area contributed by atoms with Gasteiger partial charge in [0.25, 0.3) is 0 Å². The first-order valence-electron chi connectivity index (χ1n) is 8.52.